The molecule has 5 nitrogen and oxygen atoms in total. The maximum Gasteiger partial charge on any atom is 0.326 e. The monoisotopic (exact) mass is 242 g/mol. The van der Waals surface area contributed by atoms with Crippen LogP contribution in [0.5, 0.6) is 0 Å². The van der Waals surface area contributed by atoms with E-state index >= 15 is 0 Å². The van der Waals surface area contributed by atoms with E-state index in [1.165, 1.54) is 0 Å². The first kappa shape index (κ1) is 14.0. The molecule has 0 aromatic carbocycles. The number of nitrogens with zero attached hydrogens (tertiary/aromatic N) is 1. The number of amides is 1. The summed E-state index contributed by atoms with van der Waals surface area (Å²) in [7, 11) is 2.03. The molecule has 1 fully saturated rings. The number of carboxylic acids is 1. The van der Waals surface area contributed by atoms with Gasteiger partial charge in [0.1, 0.15) is 6.04 Å². The molecule has 2 atom stereocenters. The fraction of sp³-hybridized carbons (Fsp3) is 0.833. The fourth-order valence-corrected chi connectivity index (χ4v) is 2.20. The molecule has 5 heteroatoms. The Balaban J connectivity index is 2.40. The number of likely N-dealkylation sites (tertiary alicyclic amines) is 1. The fourth-order valence-electron chi connectivity index (χ4n) is 2.20. The van der Waals surface area contributed by atoms with E-state index in [1.807, 2.05) is 7.05 Å². The van der Waals surface area contributed by atoms with Crippen LogP contribution >= 0.6 is 0 Å². The van der Waals surface area contributed by atoms with Crippen LogP contribution in [0.25, 0.3) is 0 Å². The minimum atomic E-state index is -0.961. The first-order chi connectivity index (χ1) is 7.90. The number of carbonyl (C=O) groups is 2. The van der Waals surface area contributed by atoms with Crippen molar-refractivity contribution >= 4 is 11.9 Å². The van der Waals surface area contributed by atoms with Crippen LogP contribution in [0.2, 0.25) is 0 Å². The summed E-state index contributed by atoms with van der Waals surface area (Å²) in [6.45, 7) is 5.53. The maximum atomic E-state index is 11.7. The van der Waals surface area contributed by atoms with E-state index in [2.05, 4.69) is 10.2 Å². The lowest BCUT2D eigenvalue weighted by molar-refractivity contribution is -0.143. The lowest BCUT2D eigenvalue weighted by atomic mass is 10.0. The molecule has 0 aliphatic carbocycles. The topological polar surface area (TPSA) is 69.6 Å². The Morgan fingerprint density at radius 3 is 2.53 bits per heavy atom. The second kappa shape index (κ2) is 6.00. The number of carboxylic acid groups (broad SMARTS) is 1. The molecule has 0 bridgehead atoms. The summed E-state index contributed by atoms with van der Waals surface area (Å²) in [5, 5.41) is 11.6. The predicted octanol–water partition coefficient (Wildman–Crippen LogP) is 0.554. The summed E-state index contributed by atoms with van der Waals surface area (Å²) in [5.41, 5.74) is 0. The lowest BCUT2D eigenvalue weighted by Crippen LogP contribution is -2.44. The summed E-state index contributed by atoms with van der Waals surface area (Å²) in [5.74, 6) is -0.840. The van der Waals surface area contributed by atoms with Crippen LogP contribution in [0.15, 0.2) is 0 Å². The average Bonchev–Trinajstić information content (AvgIpc) is 2.59. The molecule has 0 spiro atoms. The molecule has 2 N–H and O–H groups in total. The molecule has 1 heterocycles. The maximum absolute atomic E-state index is 11.7. The van der Waals surface area contributed by atoms with E-state index in [9.17, 15) is 9.59 Å². The van der Waals surface area contributed by atoms with Gasteiger partial charge in [-0.3, -0.25) is 4.79 Å². The first-order valence-corrected chi connectivity index (χ1v) is 6.11. The standard InChI is InChI=1S/C12H22N2O3/c1-8(2)11(12(16)17)13-10(15)6-9-4-5-14(3)7-9/h8-9,11H,4-7H2,1-3H3,(H,13,15)(H,16,17)/t9?,11-/m0/s1. The van der Waals surface area contributed by atoms with Gasteiger partial charge in [0, 0.05) is 13.0 Å². The molecular formula is C12H22N2O3. The number of aliphatic carboxylic acids is 1. The number of nitrogens with one attached hydrogen (secondary N) is 1. The number of carbonyl (C=O) groups excluding carboxylic acids is 1. The minimum absolute atomic E-state index is 0.0947. The van der Waals surface area contributed by atoms with Gasteiger partial charge in [0.25, 0.3) is 0 Å². The van der Waals surface area contributed by atoms with Crippen LogP contribution in [0, 0.1) is 11.8 Å². The van der Waals surface area contributed by atoms with Gasteiger partial charge in [-0.1, -0.05) is 13.8 Å². The molecule has 1 saturated heterocycles. The largest absolute Gasteiger partial charge is 0.480 e. The van der Waals surface area contributed by atoms with Gasteiger partial charge in [-0.2, -0.15) is 0 Å². The second-order valence-corrected chi connectivity index (χ2v) is 5.25. The van der Waals surface area contributed by atoms with Crippen molar-refractivity contribution in [2.45, 2.75) is 32.7 Å². The van der Waals surface area contributed by atoms with Gasteiger partial charge in [-0.05, 0) is 31.8 Å². The summed E-state index contributed by atoms with van der Waals surface area (Å²) >= 11 is 0. The van der Waals surface area contributed by atoms with E-state index in [0.29, 0.717) is 12.3 Å². The van der Waals surface area contributed by atoms with Crippen molar-refractivity contribution in [3.63, 3.8) is 0 Å². The molecule has 1 aliphatic heterocycles. The van der Waals surface area contributed by atoms with Crippen molar-refractivity contribution in [3.05, 3.63) is 0 Å². The molecule has 1 rings (SSSR count). The van der Waals surface area contributed by atoms with Gasteiger partial charge in [-0.25, -0.2) is 4.79 Å². The van der Waals surface area contributed by atoms with E-state index < -0.39 is 12.0 Å². The van der Waals surface area contributed by atoms with E-state index in [1.54, 1.807) is 13.8 Å². The molecule has 98 valence electrons. The van der Waals surface area contributed by atoms with Gasteiger partial charge >= 0.3 is 5.97 Å². The van der Waals surface area contributed by atoms with Crippen molar-refractivity contribution in [1.29, 1.82) is 0 Å². The summed E-state index contributed by atoms with van der Waals surface area (Å²) in [6, 6.07) is -0.776. The van der Waals surface area contributed by atoms with Crippen LogP contribution in [-0.2, 0) is 9.59 Å². The second-order valence-electron chi connectivity index (χ2n) is 5.25. The van der Waals surface area contributed by atoms with Crippen molar-refractivity contribution < 1.29 is 14.7 Å². The molecule has 1 unspecified atom stereocenters. The van der Waals surface area contributed by atoms with E-state index in [0.717, 1.165) is 19.5 Å². The van der Waals surface area contributed by atoms with Gasteiger partial charge in [0.15, 0.2) is 0 Å². The number of rotatable bonds is 5. The summed E-state index contributed by atoms with van der Waals surface area (Å²) in [4.78, 5) is 24.9. The molecule has 0 radical (unpaired) electrons. The Kier molecular flexibility index (Phi) is 4.93. The third-order valence-corrected chi connectivity index (χ3v) is 3.21. The third kappa shape index (κ3) is 4.34. The number of hydrogen-bond acceptors (Lipinski definition) is 3. The summed E-state index contributed by atoms with van der Waals surface area (Å²) in [6.07, 6.45) is 1.45. The van der Waals surface area contributed by atoms with Crippen molar-refractivity contribution in [3.8, 4) is 0 Å². The van der Waals surface area contributed by atoms with Gasteiger partial charge in [0.05, 0.1) is 0 Å². The molecule has 0 aromatic heterocycles. The zero-order valence-corrected chi connectivity index (χ0v) is 10.8. The van der Waals surface area contributed by atoms with Crippen LogP contribution in [-0.4, -0.2) is 48.1 Å². The third-order valence-electron chi connectivity index (χ3n) is 3.21. The Morgan fingerprint density at radius 1 is 1.47 bits per heavy atom. The van der Waals surface area contributed by atoms with Gasteiger partial charge < -0.3 is 15.3 Å². The van der Waals surface area contributed by atoms with Crippen LogP contribution < -0.4 is 5.32 Å². The average molecular weight is 242 g/mol. The molecule has 17 heavy (non-hydrogen) atoms. The SMILES string of the molecule is CC(C)[C@H](NC(=O)CC1CCN(C)C1)C(=O)O. The smallest absolute Gasteiger partial charge is 0.326 e. The first-order valence-electron chi connectivity index (χ1n) is 6.11. The van der Waals surface area contributed by atoms with Crippen LogP contribution in [0.4, 0.5) is 0 Å². The highest BCUT2D eigenvalue weighted by Crippen LogP contribution is 2.17. The Bertz CT molecular complexity index is 291. The molecule has 0 saturated carbocycles. The Hall–Kier alpha value is -1.10. The van der Waals surface area contributed by atoms with Crippen molar-refractivity contribution in [2.75, 3.05) is 20.1 Å². The Labute approximate surface area is 102 Å². The molecule has 1 amide bonds. The highest BCUT2D eigenvalue weighted by atomic mass is 16.4. The van der Waals surface area contributed by atoms with E-state index in [-0.39, 0.29) is 11.8 Å². The molecule has 1 aliphatic rings. The Morgan fingerprint density at radius 2 is 2.12 bits per heavy atom. The minimum Gasteiger partial charge on any atom is -0.480 e. The highest BCUT2D eigenvalue weighted by Gasteiger charge is 2.26. The van der Waals surface area contributed by atoms with Crippen LogP contribution in [0.3, 0.4) is 0 Å². The normalized spacial score (nSPS) is 22.7. The predicted molar refractivity (Wildman–Crippen MR) is 64.6 cm³/mol. The molecule has 0 aromatic rings. The number of hydrogen-bond donors (Lipinski definition) is 2. The van der Waals surface area contributed by atoms with Crippen molar-refractivity contribution in [2.24, 2.45) is 11.8 Å². The zero-order chi connectivity index (χ0) is 13.0. The van der Waals surface area contributed by atoms with E-state index in [4.69, 9.17) is 5.11 Å². The highest BCUT2D eigenvalue weighted by molar-refractivity contribution is 5.83. The van der Waals surface area contributed by atoms with Crippen molar-refractivity contribution in [1.82, 2.24) is 10.2 Å². The zero-order valence-electron chi connectivity index (χ0n) is 10.8. The molecular weight excluding hydrogens is 220 g/mol. The van der Waals surface area contributed by atoms with Gasteiger partial charge in [0.2, 0.25) is 5.91 Å². The lowest BCUT2D eigenvalue weighted by Gasteiger charge is -2.19. The quantitative estimate of drug-likeness (QED) is 0.739. The van der Waals surface area contributed by atoms with Crippen LogP contribution in [0.1, 0.15) is 26.7 Å². The summed E-state index contributed by atoms with van der Waals surface area (Å²) < 4.78 is 0. The van der Waals surface area contributed by atoms with Gasteiger partial charge in [-0.15, -0.1) is 0 Å².